The summed E-state index contributed by atoms with van der Waals surface area (Å²) in [5.74, 6) is -0.463. The highest BCUT2D eigenvalue weighted by atomic mass is 19.4. The van der Waals surface area contributed by atoms with E-state index in [0.717, 1.165) is 24.2 Å². The maximum Gasteiger partial charge on any atom is 0.434 e. The Bertz CT molecular complexity index is 1260. The van der Waals surface area contributed by atoms with E-state index in [2.05, 4.69) is 30.2 Å². The highest BCUT2D eigenvalue weighted by Crippen LogP contribution is 2.30. The monoisotopic (exact) mass is 460 g/mol. The summed E-state index contributed by atoms with van der Waals surface area (Å²) in [6.07, 6.45) is 3.46. The summed E-state index contributed by atoms with van der Waals surface area (Å²) in [5.41, 5.74) is 0.361. The van der Waals surface area contributed by atoms with Crippen molar-refractivity contribution in [3.05, 3.63) is 47.9 Å². The van der Waals surface area contributed by atoms with Gasteiger partial charge in [-0.05, 0) is 19.4 Å². The molecule has 3 aromatic rings. The number of anilines is 1. The van der Waals surface area contributed by atoms with Crippen molar-refractivity contribution in [3.8, 4) is 11.5 Å². The Hall–Kier alpha value is -3.41. The van der Waals surface area contributed by atoms with Crippen molar-refractivity contribution in [2.24, 2.45) is 4.99 Å². The molecule has 0 bridgehead atoms. The van der Waals surface area contributed by atoms with Gasteiger partial charge in [-0.1, -0.05) is 6.08 Å². The van der Waals surface area contributed by atoms with Gasteiger partial charge in [-0.3, -0.25) is 9.39 Å². The Balaban J connectivity index is 1.56. The topological polar surface area (TPSA) is 83.6 Å². The molecule has 2 aliphatic heterocycles. The number of nitrogens with zero attached hydrogens (tertiary/aromatic N) is 7. The zero-order valence-corrected chi connectivity index (χ0v) is 17.8. The standard InChI is InChI=1S/C21H20F4N8/c1-11-9-32(12(2)18(30-11)13-3-4-26-5-13)20-14(22)6-29-19(31-20)15-7-28-17-8-27-16(10-33(15)17)21(23,24)25/h3,5-8,10-12,18,30H,4,9H2,1-2H3. The summed E-state index contributed by atoms with van der Waals surface area (Å²) in [4.78, 5) is 22.1. The van der Waals surface area contributed by atoms with Crippen molar-refractivity contribution >= 4 is 17.7 Å². The minimum Gasteiger partial charge on any atom is -0.348 e. The number of fused-ring (bicyclic) bond motifs is 1. The van der Waals surface area contributed by atoms with Crippen LogP contribution in [0.4, 0.5) is 23.4 Å². The molecule has 0 amide bonds. The van der Waals surface area contributed by atoms with Crippen molar-refractivity contribution < 1.29 is 17.6 Å². The van der Waals surface area contributed by atoms with Crippen LogP contribution in [0.15, 0.2) is 41.4 Å². The third kappa shape index (κ3) is 3.84. The number of aromatic nitrogens is 5. The number of piperazine rings is 1. The molecule has 33 heavy (non-hydrogen) atoms. The van der Waals surface area contributed by atoms with Gasteiger partial charge in [-0.25, -0.2) is 24.3 Å². The lowest BCUT2D eigenvalue weighted by atomic mass is 9.95. The number of nitrogens with one attached hydrogen (secondary N) is 1. The minimum absolute atomic E-state index is 0.0372. The van der Waals surface area contributed by atoms with E-state index in [1.165, 1.54) is 10.6 Å². The van der Waals surface area contributed by atoms with Crippen LogP contribution >= 0.6 is 0 Å². The molecule has 3 atom stereocenters. The van der Waals surface area contributed by atoms with E-state index >= 15 is 0 Å². The van der Waals surface area contributed by atoms with Crippen LogP contribution in [0.1, 0.15) is 19.5 Å². The first kappa shape index (κ1) is 21.4. The van der Waals surface area contributed by atoms with Gasteiger partial charge in [0.2, 0.25) is 0 Å². The first-order valence-electron chi connectivity index (χ1n) is 10.4. The van der Waals surface area contributed by atoms with Crippen LogP contribution in [0.5, 0.6) is 0 Å². The molecular formula is C21H20F4N8. The van der Waals surface area contributed by atoms with E-state index in [9.17, 15) is 17.6 Å². The molecule has 1 fully saturated rings. The zero-order chi connectivity index (χ0) is 23.3. The Morgan fingerprint density at radius 3 is 2.64 bits per heavy atom. The van der Waals surface area contributed by atoms with Crippen LogP contribution < -0.4 is 10.2 Å². The fourth-order valence-corrected chi connectivity index (χ4v) is 4.25. The average Bonchev–Trinajstić information content (AvgIpc) is 3.45. The molecule has 12 heteroatoms. The lowest BCUT2D eigenvalue weighted by molar-refractivity contribution is -0.141. The van der Waals surface area contributed by atoms with Crippen molar-refractivity contribution in [1.29, 1.82) is 0 Å². The second kappa shape index (κ2) is 7.87. The summed E-state index contributed by atoms with van der Waals surface area (Å²) in [5, 5.41) is 3.52. The quantitative estimate of drug-likeness (QED) is 0.606. The molecule has 1 N–H and O–H groups in total. The number of imidazole rings is 1. The van der Waals surface area contributed by atoms with Gasteiger partial charge in [0.1, 0.15) is 5.69 Å². The van der Waals surface area contributed by atoms with Crippen LogP contribution in [-0.2, 0) is 6.18 Å². The summed E-state index contributed by atoms with van der Waals surface area (Å²) < 4.78 is 55.6. The van der Waals surface area contributed by atoms with Crippen molar-refractivity contribution in [2.75, 3.05) is 18.0 Å². The zero-order valence-electron chi connectivity index (χ0n) is 17.8. The Morgan fingerprint density at radius 2 is 1.91 bits per heavy atom. The third-order valence-corrected chi connectivity index (χ3v) is 5.85. The largest absolute Gasteiger partial charge is 0.434 e. The van der Waals surface area contributed by atoms with E-state index in [-0.39, 0.29) is 41.1 Å². The van der Waals surface area contributed by atoms with Crippen LogP contribution in [0.25, 0.3) is 17.2 Å². The maximum absolute atomic E-state index is 14.9. The molecule has 5 rings (SSSR count). The number of rotatable bonds is 3. The predicted molar refractivity (Wildman–Crippen MR) is 114 cm³/mol. The Morgan fingerprint density at radius 1 is 1.09 bits per heavy atom. The van der Waals surface area contributed by atoms with Gasteiger partial charge in [0.05, 0.1) is 31.2 Å². The molecule has 3 unspecified atom stereocenters. The molecule has 2 aliphatic rings. The van der Waals surface area contributed by atoms with Crippen LogP contribution in [0.3, 0.4) is 0 Å². The van der Waals surface area contributed by atoms with E-state index in [0.29, 0.717) is 13.1 Å². The van der Waals surface area contributed by atoms with Crippen LogP contribution in [-0.4, -0.2) is 61.8 Å². The summed E-state index contributed by atoms with van der Waals surface area (Å²) >= 11 is 0. The highest BCUT2D eigenvalue weighted by molar-refractivity contribution is 5.83. The Labute approximate surface area is 186 Å². The molecule has 8 nitrogen and oxygen atoms in total. The maximum atomic E-state index is 14.9. The van der Waals surface area contributed by atoms with Crippen LogP contribution in [0.2, 0.25) is 0 Å². The van der Waals surface area contributed by atoms with Gasteiger partial charge in [0.15, 0.2) is 28.8 Å². The second-order valence-electron chi connectivity index (χ2n) is 8.14. The molecule has 0 spiro atoms. The molecule has 3 aromatic heterocycles. The van der Waals surface area contributed by atoms with Gasteiger partial charge in [-0.15, -0.1) is 0 Å². The van der Waals surface area contributed by atoms with E-state index < -0.39 is 17.7 Å². The fraction of sp³-hybridized carbons (Fsp3) is 0.381. The van der Waals surface area contributed by atoms with Crippen molar-refractivity contribution in [2.45, 2.75) is 38.1 Å². The van der Waals surface area contributed by atoms with Crippen molar-refractivity contribution in [3.63, 3.8) is 0 Å². The predicted octanol–water partition coefficient (Wildman–Crippen LogP) is 2.91. The molecule has 1 saturated heterocycles. The summed E-state index contributed by atoms with van der Waals surface area (Å²) in [6, 6.07) is -0.193. The van der Waals surface area contributed by atoms with Gasteiger partial charge in [-0.2, -0.15) is 13.2 Å². The van der Waals surface area contributed by atoms with Crippen molar-refractivity contribution in [1.82, 2.24) is 29.7 Å². The lowest BCUT2D eigenvalue weighted by Crippen LogP contribution is -2.61. The molecule has 0 radical (unpaired) electrons. The number of aliphatic imine (C=N–C) groups is 1. The average molecular weight is 460 g/mol. The molecule has 0 aromatic carbocycles. The third-order valence-electron chi connectivity index (χ3n) is 5.85. The van der Waals surface area contributed by atoms with Gasteiger partial charge in [0, 0.05) is 31.0 Å². The lowest BCUT2D eigenvalue weighted by Gasteiger charge is -2.44. The second-order valence-corrected chi connectivity index (χ2v) is 8.14. The minimum atomic E-state index is -4.62. The number of halogens is 4. The first-order valence-corrected chi connectivity index (χ1v) is 10.4. The molecule has 172 valence electrons. The number of hydrogen-bond donors (Lipinski definition) is 1. The summed E-state index contributed by atoms with van der Waals surface area (Å²) in [7, 11) is 0. The fourth-order valence-electron chi connectivity index (χ4n) is 4.25. The van der Waals surface area contributed by atoms with E-state index in [4.69, 9.17) is 0 Å². The molecule has 5 heterocycles. The Kier molecular flexibility index (Phi) is 5.11. The van der Waals surface area contributed by atoms with Gasteiger partial charge in [0.25, 0.3) is 0 Å². The van der Waals surface area contributed by atoms with Crippen LogP contribution in [0, 0.1) is 5.82 Å². The highest BCUT2D eigenvalue weighted by Gasteiger charge is 2.36. The van der Waals surface area contributed by atoms with E-state index in [1.54, 1.807) is 0 Å². The molecule has 0 aliphatic carbocycles. The molecule has 0 saturated carbocycles. The van der Waals surface area contributed by atoms with Gasteiger partial charge < -0.3 is 10.2 Å². The van der Waals surface area contributed by atoms with Gasteiger partial charge >= 0.3 is 6.18 Å². The number of hydrogen-bond acceptors (Lipinski definition) is 7. The summed E-state index contributed by atoms with van der Waals surface area (Å²) in [6.45, 7) is 5.07. The first-order chi connectivity index (χ1) is 15.7. The normalized spacial score (nSPS) is 23.4. The smallest absolute Gasteiger partial charge is 0.348 e. The number of alkyl halides is 3. The SMILES string of the molecule is CC1CN(c2nc(-c3cnc4cnc(C(F)(F)F)cn34)ncc2F)C(C)C(C2=CCN=C2)N1. The molecular weight excluding hydrogens is 440 g/mol. The van der Waals surface area contributed by atoms with E-state index in [1.807, 2.05) is 31.0 Å².